The van der Waals surface area contributed by atoms with Crippen molar-refractivity contribution in [1.82, 2.24) is 5.32 Å². The highest BCUT2D eigenvalue weighted by Crippen LogP contribution is 2.41. The van der Waals surface area contributed by atoms with Crippen LogP contribution in [0.4, 0.5) is 10.1 Å². The van der Waals surface area contributed by atoms with E-state index < -0.39 is 0 Å². The first kappa shape index (κ1) is 17.5. The molecule has 1 N–H and O–H groups in total. The topological polar surface area (TPSA) is 59.9 Å². The van der Waals surface area contributed by atoms with Gasteiger partial charge in [-0.1, -0.05) is 12.1 Å². The summed E-state index contributed by atoms with van der Waals surface area (Å²) in [6, 6.07) is 10.2. The Morgan fingerprint density at radius 3 is 2.96 bits per heavy atom. The average molecular weight is 368 g/mol. The van der Waals surface area contributed by atoms with Gasteiger partial charge in [-0.2, -0.15) is 0 Å². The molecule has 0 radical (unpaired) electrons. The number of carbonyl (C=O) groups is 1. The van der Waals surface area contributed by atoms with Gasteiger partial charge in [0.05, 0.1) is 5.69 Å². The van der Waals surface area contributed by atoms with Crippen LogP contribution in [0, 0.1) is 5.82 Å². The van der Waals surface area contributed by atoms with Crippen LogP contribution in [-0.2, 0) is 17.6 Å². The number of amides is 1. The summed E-state index contributed by atoms with van der Waals surface area (Å²) in [5.74, 6) is 1.29. The van der Waals surface area contributed by atoms with E-state index in [4.69, 9.17) is 9.47 Å². The van der Waals surface area contributed by atoms with Crippen LogP contribution >= 0.6 is 0 Å². The van der Waals surface area contributed by atoms with Crippen molar-refractivity contribution in [1.29, 1.82) is 0 Å². The number of nitrogens with zero attached hydrogens (tertiary/aromatic N) is 1. The molecule has 0 aliphatic carbocycles. The number of fused-ring (bicyclic) bond motifs is 2. The van der Waals surface area contributed by atoms with Crippen LogP contribution in [0.3, 0.4) is 0 Å². The Bertz CT molecular complexity index is 937. The molecule has 4 rings (SSSR count). The van der Waals surface area contributed by atoms with Crippen LogP contribution in [0.2, 0.25) is 0 Å². The zero-order valence-electron chi connectivity index (χ0n) is 15.3. The second-order valence-electron chi connectivity index (χ2n) is 7.45. The van der Waals surface area contributed by atoms with Crippen molar-refractivity contribution in [3.63, 3.8) is 0 Å². The molecule has 0 saturated carbocycles. The predicted octanol–water partition coefficient (Wildman–Crippen LogP) is 3.71. The number of aliphatic imine (C=N–C) groups is 1. The van der Waals surface area contributed by atoms with Gasteiger partial charge in [-0.05, 0) is 50.1 Å². The summed E-state index contributed by atoms with van der Waals surface area (Å²) in [4.78, 5) is 16.7. The fourth-order valence-corrected chi connectivity index (χ4v) is 3.45. The molecule has 140 valence electrons. The molecule has 2 aliphatic heterocycles. The molecule has 0 atom stereocenters. The maximum atomic E-state index is 13.3. The second kappa shape index (κ2) is 6.68. The van der Waals surface area contributed by atoms with Crippen LogP contribution in [0.5, 0.6) is 11.5 Å². The molecule has 2 aliphatic rings. The largest absolute Gasteiger partial charge is 0.483 e. The first-order chi connectivity index (χ1) is 12.9. The van der Waals surface area contributed by atoms with Crippen molar-refractivity contribution in [3.8, 4) is 11.5 Å². The zero-order valence-corrected chi connectivity index (χ0v) is 15.3. The van der Waals surface area contributed by atoms with Crippen molar-refractivity contribution < 1.29 is 18.7 Å². The molecular weight excluding hydrogens is 347 g/mol. The van der Waals surface area contributed by atoms with E-state index in [1.807, 2.05) is 26.0 Å². The molecule has 6 heteroatoms. The fraction of sp³-hybridized carbons (Fsp3) is 0.333. The number of rotatable bonds is 3. The number of aryl methyl sites for hydroxylation is 1. The van der Waals surface area contributed by atoms with E-state index in [1.54, 1.807) is 12.1 Å². The van der Waals surface area contributed by atoms with Crippen molar-refractivity contribution in [2.45, 2.75) is 38.7 Å². The summed E-state index contributed by atoms with van der Waals surface area (Å²) >= 11 is 0. The Morgan fingerprint density at radius 1 is 1.26 bits per heavy atom. The first-order valence-electron chi connectivity index (χ1n) is 8.99. The van der Waals surface area contributed by atoms with Crippen LogP contribution in [-0.4, -0.2) is 24.0 Å². The van der Waals surface area contributed by atoms with E-state index in [1.165, 1.54) is 12.1 Å². The highest BCUT2D eigenvalue weighted by molar-refractivity contribution is 6.00. The van der Waals surface area contributed by atoms with E-state index in [2.05, 4.69) is 10.3 Å². The standard InChI is InChI=1S/C21H21FN2O3/c1-21(2)11-14-4-3-5-17(20(14)27-21)26-12-19(25)24-18-9-6-13-10-15(22)7-8-16(13)23-18/h3-5,7-8,10H,6,9,11-12H2,1-2H3,(H,23,24,25). The molecular formula is C21H21FN2O3. The van der Waals surface area contributed by atoms with Crippen LogP contribution in [0.1, 0.15) is 31.4 Å². The number of carbonyl (C=O) groups excluding carboxylic acids is 1. The SMILES string of the molecule is CC1(C)Cc2cccc(OCC(=O)NC3=Nc4ccc(F)cc4CC3)c2O1. The van der Waals surface area contributed by atoms with Crippen LogP contribution < -0.4 is 14.8 Å². The molecule has 5 nitrogen and oxygen atoms in total. The van der Waals surface area contributed by atoms with Gasteiger partial charge in [0, 0.05) is 18.4 Å². The third kappa shape index (κ3) is 3.79. The summed E-state index contributed by atoms with van der Waals surface area (Å²) in [6.45, 7) is 3.92. The average Bonchev–Trinajstić information content (AvgIpc) is 2.94. The van der Waals surface area contributed by atoms with Gasteiger partial charge >= 0.3 is 0 Å². The Morgan fingerprint density at radius 2 is 2.11 bits per heavy atom. The van der Waals surface area contributed by atoms with Crippen molar-refractivity contribution in [2.24, 2.45) is 4.99 Å². The van der Waals surface area contributed by atoms with Crippen molar-refractivity contribution in [2.75, 3.05) is 6.61 Å². The quantitative estimate of drug-likeness (QED) is 0.898. The monoisotopic (exact) mass is 368 g/mol. The maximum Gasteiger partial charge on any atom is 0.263 e. The Kier molecular flexibility index (Phi) is 4.34. The maximum absolute atomic E-state index is 13.3. The minimum absolute atomic E-state index is 0.129. The summed E-state index contributed by atoms with van der Waals surface area (Å²) < 4.78 is 24.9. The normalized spacial score (nSPS) is 16.6. The lowest BCUT2D eigenvalue weighted by molar-refractivity contribution is -0.121. The predicted molar refractivity (Wildman–Crippen MR) is 100 cm³/mol. The fourth-order valence-electron chi connectivity index (χ4n) is 3.45. The first-order valence-corrected chi connectivity index (χ1v) is 8.99. The van der Waals surface area contributed by atoms with Gasteiger partial charge in [0.2, 0.25) is 0 Å². The van der Waals surface area contributed by atoms with E-state index in [9.17, 15) is 9.18 Å². The molecule has 0 fully saturated rings. The molecule has 0 saturated heterocycles. The number of para-hydroxylation sites is 1. The van der Waals surface area contributed by atoms with Gasteiger partial charge in [0.15, 0.2) is 18.1 Å². The number of ether oxygens (including phenoxy) is 2. The van der Waals surface area contributed by atoms with Gasteiger partial charge in [-0.3, -0.25) is 4.79 Å². The van der Waals surface area contributed by atoms with Gasteiger partial charge in [0.1, 0.15) is 17.3 Å². The summed E-state index contributed by atoms with van der Waals surface area (Å²) in [7, 11) is 0. The lowest BCUT2D eigenvalue weighted by Gasteiger charge is -2.18. The van der Waals surface area contributed by atoms with Crippen molar-refractivity contribution >= 4 is 17.4 Å². The molecule has 0 aromatic heterocycles. The van der Waals surface area contributed by atoms with Crippen LogP contribution in [0.15, 0.2) is 41.4 Å². The van der Waals surface area contributed by atoms with Gasteiger partial charge in [0.25, 0.3) is 5.91 Å². The lowest BCUT2D eigenvalue weighted by Crippen LogP contribution is -2.35. The number of halogens is 1. The molecule has 0 spiro atoms. The minimum atomic E-state index is -0.283. The number of benzene rings is 2. The van der Waals surface area contributed by atoms with E-state index >= 15 is 0 Å². The summed E-state index contributed by atoms with van der Waals surface area (Å²) in [5.41, 5.74) is 2.35. The molecule has 2 heterocycles. The lowest BCUT2D eigenvalue weighted by atomic mass is 10.0. The smallest absolute Gasteiger partial charge is 0.263 e. The second-order valence-corrected chi connectivity index (χ2v) is 7.45. The third-order valence-electron chi connectivity index (χ3n) is 4.63. The molecule has 2 aromatic carbocycles. The highest BCUT2D eigenvalue weighted by atomic mass is 19.1. The highest BCUT2D eigenvalue weighted by Gasteiger charge is 2.32. The molecule has 0 bridgehead atoms. The Balaban J connectivity index is 1.39. The third-order valence-corrected chi connectivity index (χ3v) is 4.63. The summed E-state index contributed by atoms with van der Waals surface area (Å²) in [5, 5.41) is 2.78. The molecule has 1 amide bonds. The molecule has 27 heavy (non-hydrogen) atoms. The van der Waals surface area contributed by atoms with E-state index in [-0.39, 0.29) is 23.9 Å². The number of hydrogen-bond acceptors (Lipinski definition) is 4. The summed E-state index contributed by atoms with van der Waals surface area (Å²) in [6.07, 6.45) is 2.00. The zero-order chi connectivity index (χ0) is 19.0. The minimum Gasteiger partial charge on any atom is -0.483 e. The van der Waals surface area contributed by atoms with Gasteiger partial charge < -0.3 is 14.8 Å². The Hall–Kier alpha value is -2.89. The molecule has 2 aromatic rings. The van der Waals surface area contributed by atoms with E-state index in [0.717, 1.165) is 17.5 Å². The van der Waals surface area contributed by atoms with Gasteiger partial charge in [-0.15, -0.1) is 0 Å². The Labute approximate surface area is 157 Å². The number of hydrogen-bond donors (Lipinski definition) is 1. The van der Waals surface area contributed by atoms with Crippen molar-refractivity contribution in [3.05, 3.63) is 53.3 Å². The van der Waals surface area contributed by atoms with Crippen LogP contribution in [0.25, 0.3) is 0 Å². The number of amidine groups is 1. The van der Waals surface area contributed by atoms with Gasteiger partial charge in [-0.25, -0.2) is 9.38 Å². The number of nitrogens with one attached hydrogen (secondary N) is 1. The van der Waals surface area contributed by atoms with E-state index in [0.29, 0.717) is 35.9 Å². The molecule has 0 unspecified atom stereocenters.